The van der Waals surface area contributed by atoms with Crippen molar-refractivity contribution in [3.05, 3.63) is 38.8 Å². The molecule has 0 spiro atoms. The van der Waals surface area contributed by atoms with Crippen molar-refractivity contribution in [1.82, 2.24) is 9.78 Å². The molecule has 0 aliphatic carbocycles. The van der Waals surface area contributed by atoms with Crippen LogP contribution in [0.3, 0.4) is 0 Å². The minimum absolute atomic E-state index is 0.793. The number of benzene rings is 1. The quantitative estimate of drug-likeness (QED) is 0.624. The summed E-state index contributed by atoms with van der Waals surface area (Å²) in [5.74, 6) is 0.821. The Balaban J connectivity index is 2.08. The first-order valence-corrected chi connectivity index (χ1v) is 7.16. The third kappa shape index (κ3) is 2.85. The molecule has 0 saturated carbocycles. The fourth-order valence-electron chi connectivity index (χ4n) is 1.14. The van der Waals surface area contributed by atoms with E-state index in [-0.39, 0.29) is 0 Å². The van der Waals surface area contributed by atoms with Gasteiger partial charge in [0.2, 0.25) is 0 Å². The molecule has 0 aliphatic heterocycles. The zero-order chi connectivity index (χ0) is 11.5. The lowest BCUT2D eigenvalue weighted by Crippen LogP contribution is -1.89. The highest BCUT2D eigenvalue weighted by molar-refractivity contribution is 8.00. The van der Waals surface area contributed by atoms with Crippen molar-refractivity contribution in [2.45, 2.75) is 10.1 Å². The molecular weight excluding hydrogens is 280 g/mol. The van der Waals surface area contributed by atoms with Crippen LogP contribution < -0.4 is 0 Å². The van der Waals surface area contributed by atoms with Crippen LogP contribution in [0.5, 0.6) is 0 Å². The lowest BCUT2D eigenvalue weighted by Gasteiger charge is -2.00. The van der Waals surface area contributed by atoms with Crippen LogP contribution >= 0.6 is 46.9 Å². The predicted octanol–water partition coefficient (Wildman–Crippen LogP) is 4.16. The average Bonchev–Trinajstić information content (AvgIpc) is 2.57. The number of rotatable bonds is 3. The van der Waals surface area contributed by atoms with Crippen molar-refractivity contribution in [3.63, 3.8) is 0 Å². The van der Waals surface area contributed by atoms with Crippen LogP contribution in [0, 0.1) is 3.95 Å². The van der Waals surface area contributed by atoms with Gasteiger partial charge in [-0.15, -0.1) is 0 Å². The molecule has 0 unspecified atom stereocenters. The van der Waals surface area contributed by atoms with E-state index in [1.54, 1.807) is 16.4 Å². The van der Waals surface area contributed by atoms with Gasteiger partial charge >= 0.3 is 0 Å². The summed E-state index contributed by atoms with van der Waals surface area (Å²) in [4.78, 5) is 0. The molecule has 0 bridgehead atoms. The number of nitrogens with zero attached hydrogens (tertiary/aromatic N) is 2. The molecule has 1 heterocycles. The highest BCUT2D eigenvalue weighted by Crippen LogP contribution is 2.28. The van der Waals surface area contributed by atoms with Gasteiger partial charge in [-0.3, -0.25) is 0 Å². The van der Waals surface area contributed by atoms with E-state index in [4.69, 9.17) is 23.8 Å². The van der Waals surface area contributed by atoms with Crippen molar-refractivity contribution in [3.8, 4) is 0 Å². The molecule has 0 fully saturated rings. The second-order valence-corrected chi connectivity index (χ2v) is 6.39. The molecule has 1 aromatic heterocycles. The Morgan fingerprint density at radius 1 is 1.50 bits per heavy atom. The Labute approximate surface area is 112 Å². The van der Waals surface area contributed by atoms with Crippen LogP contribution in [-0.2, 0) is 12.8 Å². The van der Waals surface area contributed by atoms with Crippen LogP contribution in [0.1, 0.15) is 5.56 Å². The third-order valence-electron chi connectivity index (χ3n) is 1.98. The van der Waals surface area contributed by atoms with Crippen LogP contribution in [0.25, 0.3) is 0 Å². The standard InChI is InChI=1S/C10H9ClN2S3/c1-13-10(14)16-9(12-13)15-6-7-4-2-3-5-8(7)11/h2-5H,6H2,1H3. The van der Waals surface area contributed by atoms with Gasteiger partial charge in [0.25, 0.3) is 0 Å². The Kier molecular flexibility index (Phi) is 4.02. The zero-order valence-corrected chi connectivity index (χ0v) is 11.7. The minimum atomic E-state index is 0.793. The summed E-state index contributed by atoms with van der Waals surface area (Å²) >= 11 is 14.4. The number of hydrogen-bond donors (Lipinski definition) is 0. The van der Waals surface area contributed by atoms with Crippen molar-refractivity contribution in [2.24, 2.45) is 7.05 Å². The predicted molar refractivity (Wildman–Crippen MR) is 72.9 cm³/mol. The van der Waals surface area contributed by atoms with Gasteiger partial charge in [-0.1, -0.05) is 52.9 Å². The number of hydrogen-bond acceptors (Lipinski definition) is 4. The molecule has 2 aromatic rings. The van der Waals surface area contributed by atoms with Gasteiger partial charge in [0.1, 0.15) is 0 Å². The van der Waals surface area contributed by atoms with Crippen LogP contribution in [0.4, 0.5) is 0 Å². The lowest BCUT2D eigenvalue weighted by atomic mass is 10.2. The fraction of sp³-hybridized carbons (Fsp3) is 0.200. The van der Waals surface area contributed by atoms with Crippen molar-refractivity contribution in [2.75, 3.05) is 0 Å². The summed E-state index contributed by atoms with van der Waals surface area (Å²) in [6, 6.07) is 7.85. The van der Waals surface area contributed by atoms with E-state index in [1.165, 1.54) is 11.3 Å². The molecule has 6 heteroatoms. The Bertz CT molecular complexity index is 547. The summed E-state index contributed by atoms with van der Waals surface area (Å²) in [5, 5.41) is 5.11. The SMILES string of the molecule is Cn1nc(SCc2ccccc2Cl)sc1=S. The Morgan fingerprint density at radius 2 is 2.25 bits per heavy atom. The van der Waals surface area contributed by atoms with Gasteiger partial charge in [0.15, 0.2) is 8.29 Å². The Hall–Kier alpha value is -0.360. The van der Waals surface area contributed by atoms with Crippen LogP contribution in [0.15, 0.2) is 28.6 Å². The molecule has 0 aliphatic rings. The number of thioether (sulfide) groups is 1. The smallest absolute Gasteiger partial charge is 0.179 e. The topological polar surface area (TPSA) is 17.8 Å². The molecule has 1 aromatic carbocycles. The number of halogens is 1. The van der Waals surface area contributed by atoms with E-state index in [1.807, 2.05) is 31.3 Å². The zero-order valence-electron chi connectivity index (χ0n) is 8.51. The van der Waals surface area contributed by atoms with Crippen LogP contribution in [-0.4, -0.2) is 9.78 Å². The summed E-state index contributed by atoms with van der Waals surface area (Å²) in [7, 11) is 1.86. The van der Waals surface area contributed by atoms with E-state index in [0.717, 1.165) is 24.6 Å². The summed E-state index contributed by atoms with van der Waals surface area (Å²) in [6.07, 6.45) is 0. The van der Waals surface area contributed by atoms with E-state index >= 15 is 0 Å². The summed E-state index contributed by atoms with van der Waals surface area (Å²) in [5.41, 5.74) is 1.12. The number of aryl methyl sites for hydroxylation is 1. The molecule has 0 amide bonds. The van der Waals surface area contributed by atoms with E-state index in [9.17, 15) is 0 Å². The van der Waals surface area contributed by atoms with Gasteiger partial charge in [-0.05, 0) is 23.8 Å². The molecule has 0 saturated heterocycles. The maximum absolute atomic E-state index is 6.07. The van der Waals surface area contributed by atoms with Crippen molar-refractivity contribution >= 4 is 46.9 Å². The molecule has 2 rings (SSSR count). The Morgan fingerprint density at radius 3 is 2.88 bits per heavy atom. The first kappa shape index (κ1) is 12.1. The molecule has 16 heavy (non-hydrogen) atoms. The van der Waals surface area contributed by atoms with Crippen LogP contribution in [0.2, 0.25) is 5.02 Å². The molecule has 0 radical (unpaired) electrons. The monoisotopic (exact) mass is 288 g/mol. The summed E-state index contributed by atoms with van der Waals surface area (Å²) < 4.78 is 3.49. The molecule has 0 N–H and O–H groups in total. The first-order valence-electron chi connectivity index (χ1n) is 4.57. The van der Waals surface area contributed by atoms with Crippen molar-refractivity contribution in [1.29, 1.82) is 0 Å². The van der Waals surface area contributed by atoms with E-state index in [0.29, 0.717) is 0 Å². The second kappa shape index (κ2) is 5.31. The number of aromatic nitrogens is 2. The lowest BCUT2D eigenvalue weighted by molar-refractivity contribution is 0.729. The van der Waals surface area contributed by atoms with Gasteiger partial charge in [0.05, 0.1) is 0 Å². The molecule has 2 nitrogen and oxygen atoms in total. The van der Waals surface area contributed by atoms with E-state index in [2.05, 4.69) is 5.10 Å². The summed E-state index contributed by atoms with van der Waals surface area (Å²) in [6.45, 7) is 0. The highest BCUT2D eigenvalue weighted by Gasteiger charge is 2.04. The van der Waals surface area contributed by atoms with E-state index < -0.39 is 0 Å². The molecular formula is C10H9ClN2S3. The highest BCUT2D eigenvalue weighted by atomic mass is 35.5. The van der Waals surface area contributed by atoms with Crippen molar-refractivity contribution < 1.29 is 0 Å². The normalized spacial score (nSPS) is 10.6. The third-order valence-corrected chi connectivity index (χ3v) is 4.95. The maximum Gasteiger partial charge on any atom is 0.179 e. The maximum atomic E-state index is 6.07. The van der Waals surface area contributed by atoms with Gasteiger partial charge in [-0.2, -0.15) is 5.10 Å². The fourth-order valence-corrected chi connectivity index (χ4v) is 3.70. The molecule has 84 valence electrons. The minimum Gasteiger partial charge on any atom is -0.247 e. The largest absolute Gasteiger partial charge is 0.247 e. The van der Waals surface area contributed by atoms with Gasteiger partial charge in [-0.25, -0.2) is 4.68 Å². The first-order chi connectivity index (χ1) is 7.66. The average molecular weight is 289 g/mol. The van der Waals surface area contributed by atoms with Gasteiger partial charge in [0, 0.05) is 17.8 Å². The van der Waals surface area contributed by atoms with Gasteiger partial charge < -0.3 is 0 Å². The molecule has 0 atom stereocenters. The second-order valence-electron chi connectivity index (χ2n) is 3.14.